The number of nitrogens with zero attached hydrogens (tertiary/aromatic N) is 1. The molecule has 2 aromatic heterocycles. The van der Waals surface area contributed by atoms with E-state index in [1.165, 1.54) is 27.8 Å². The average molecular weight is 850 g/mol. The molecule has 0 fully saturated rings. The summed E-state index contributed by atoms with van der Waals surface area (Å²) in [5.74, 6) is 0.809. The highest BCUT2D eigenvalue weighted by Gasteiger charge is 2.19. The van der Waals surface area contributed by atoms with E-state index in [0.29, 0.717) is 11.8 Å². The molecule has 0 amide bonds. The zero-order valence-electron chi connectivity index (χ0n) is 37.0. The first kappa shape index (κ1) is 39.5. The van der Waals surface area contributed by atoms with Crippen molar-refractivity contribution >= 4 is 60.9 Å². The van der Waals surface area contributed by atoms with Crippen molar-refractivity contribution in [1.29, 1.82) is 0 Å². The molecule has 316 valence electrons. The van der Waals surface area contributed by atoms with E-state index in [9.17, 15) is 0 Å². The highest BCUT2D eigenvalue weighted by Crippen LogP contribution is 2.43. The Morgan fingerprint density at radius 1 is 0.424 bits per heavy atom. The van der Waals surface area contributed by atoms with Crippen LogP contribution in [0.25, 0.3) is 88.4 Å². The van der Waals surface area contributed by atoms with E-state index in [4.69, 9.17) is 8.83 Å². The second-order valence-electron chi connectivity index (χ2n) is 17.8. The van der Waals surface area contributed by atoms with E-state index in [1.807, 2.05) is 24.3 Å². The van der Waals surface area contributed by atoms with Crippen LogP contribution < -0.4 is 4.90 Å². The first-order valence-corrected chi connectivity index (χ1v) is 23.0. The van der Waals surface area contributed by atoms with Gasteiger partial charge >= 0.3 is 0 Å². The van der Waals surface area contributed by atoms with Crippen LogP contribution in [0.5, 0.6) is 0 Å². The summed E-state index contributed by atoms with van der Waals surface area (Å²) in [6.45, 7) is 4.61. The lowest BCUT2D eigenvalue weighted by Gasteiger charge is -2.26. The molecule has 0 radical (unpaired) electrons. The predicted octanol–water partition coefficient (Wildman–Crippen LogP) is 18.3. The number of hydrogen-bond acceptors (Lipinski definition) is 3. The lowest BCUT2D eigenvalue weighted by atomic mass is 9.85. The van der Waals surface area contributed by atoms with Gasteiger partial charge in [0.15, 0.2) is 0 Å². The van der Waals surface area contributed by atoms with Crippen LogP contribution >= 0.6 is 0 Å². The molecule has 66 heavy (non-hydrogen) atoms. The zero-order chi connectivity index (χ0) is 44.1. The molecule has 3 heteroatoms. The smallest absolute Gasteiger partial charge is 0.136 e. The number of benzene rings is 9. The van der Waals surface area contributed by atoms with Crippen LogP contribution in [0.15, 0.2) is 233 Å². The van der Waals surface area contributed by atoms with Gasteiger partial charge in [0.05, 0.1) is 0 Å². The van der Waals surface area contributed by atoms with Gasteiger partial charge in [-0.25, -0.2) is 0 Å². The predicted molar refractivity (Wildman–Crippen MR) is 277 cm³/mol. The topological polar surface area (TPSA) is 29.5 Å². The first-order valence-electron chi connectivity index (χ1n) is 23.0. The largest absolute Gasteiger partial charge is 0.456 e. The molecule has 12 rings (SSSR count). The Kier molecular flexibility index (Phi) is 9.83. The van der Waals surface area contributed by atoms with Crippen LogP contribution in [0, 0.1) is 0 Å². The first-order chi connectivity index (χ1) is 32.5. The summed E-state index contributed by atoms with van der Waals surface area (Å²) in [6, 6.07) is 72.3. The monoisotopic (exact) mass is 849 g/mol. The molecule has 0 spiro atoms. The molecule has 2 heterocycles. The molecule has 0 bridgehead atoms. The Morgan fingerprint density at radius 2 is 0.970 bits per heavy atom. The Morgan fingerprint density at radius 3 is 1.56 bits per heavy atom. The van der Waals surface area contributed by atoms with E-state index in [2.05, 4.69) is 219 Å². The maximum atomic E-state index is 6.28. The highest BCUT2D eigenvalue weighted by molar-refractivity contribution is 6.13. The standard InChI is InChI=1S/C63H47NO2/c1-41(2)57-40-47(42-14-4-3-5-15-42)32-37-52(57)48-18-10-16-45(38-48)46-17-11-19-51(39-46)64(49-33-28-43(29-34-49)53-22-12-26-60-62(53)55-20-6-8-24-58(55)65-60)50-35-30-44(31-36-50)54-23-13-27-61-63(54)56-21-7-9-25-59(56)66-61/h3-14,16-42H,15H2,1-2H3. The van der Waals surface area contributed by atoms with Gasteiger partial charge in [-0.1, -0.05) is 172 Å². The minimum absolute atomic E-state index is 0.389. The van der Waals surface area contributed by atoms with Gasteiger partial charge in [-0.05, 0) is 135 Å². The van der Waals surface area contributed by atoms with Crippen molar-refractivity contribution in [2.45, 2.75) is 32.1 Å². The molecule has 0 saturated carbocycles. The van der Waals surface area contributed by atoms with Gasteiger partial charge in [0, 0.05) is 44.5 Å². The van der Waals surface area contributed by atoms with Crippen molar-refractivity contribution in [3.63, 3.8) is 0 Å². The molecule has 1 aliphatic carbocycles. The fourth-order valence-corrected chi connectivity index (χ4v) is 10.1. The van der Waals surface area contributed by atoms with Crippen molar-refractivity contribution < 1.29 is 8.83 Å². The maximum Gasteiger partial charge on any atom is 0.136 e. The van der Waals surface area contributed by atoms with Crippen LogP contribution in [0.4, 0.5) is 17.1 Å². The third-order valence-corrected chi connectivity index (χ3v) is 13.4. The van der Waals surface area contributed by atoms with Gasteiger partial charge in [-0.2, -0.15) is 0 Å². The lowest BCUT2D eigenvalue weighted by Crippen LogP contribution is -2.10. The molecule has 1 aliphatic rings. The maximum absolute atomic E-state index is 6.28. The van der Waals surface area contributed by atoms with Crippen molar-refractivity contribution in [2.24, 2.45) is 0 Å². The van der Waals surface area contributed by atoms with Gasteiger partial charge in [0.1, 0.15) is 22.3 Å². The summed E-state index contributed by atoms with van der Waals surface area (Å²) in [5, 5.41) is 4.53. The Bertz CT molecular complexity index is 3500. The second-order valence-corrected chi connectivity index (χ2v) is 17.8. The highest BCUT2D eigenvalue weighted by atomic mass is 16.3. The van der Waals surface area contributed by atoms with E-state index in [-0.39, 0.29) is 0 Å². The fourth-order valence-electron chi connectivity index (χ4n) is 10.1. The lowest BCUT2D eigenvalue weighted by molar-refractivity contribution is 0.668. The SMILES string of the molecule is CC(C)c1cc(C2C=CC=CC2)ccc1-c1cccc(-c2cccc(N(c3ccc(-c4cccc5oc6ccccc6c45)cc3)c3ccc(-c4cccc5oc6ccccc6c45)cc3)c2)c1. The quantitative estimate of drug-likeness (QED) is 0.145. The Hall–Kier alpha value is -8.14. The van der Waals surface area contributed by atoms with Crippen LogP contribution in [0.3, 0.4) is 0 Å². The molecule has 1 atom stereocenters. The van der Waals surface area contributed by atoms with Gasteiger partial charge in [0.2, 0.25) is 0 Å². The molecule has 9 aromatic carbocycles. The molecule has 1 unspecified atom stereocenters. The summed E-state index contributed by atoms with van der Waals surface area (Å²) in [6.07, 6.45) is 9.96. The third kappa shape index (κ3) is 7.01. The summed E-state index contributed by atoms with van der Waals surface area (Å²) in [7, 11) is 0. The van der Waals surface area contributed by atoms with Crippen LogP contribution in [-0.4, -0.2) is 0 Å². The number of fused-ring (bicyclic) bond motifs is 6. The number of anilines is 3. The van der Waals surface area contributed by atoms with Crippen molar-refractivity contribution in [3.8, 4) is 44.5 Å². The molecular weight excluding hydrogens is 803 g/mol. The van der Waals surface area contributed by atoms with Crippen molar-refractivity contribution in [1.82, 2.24) is 0 Å². The van der Waals surface area contributed by atoms with Gasteiger partial charge in [-0.3, -0.25) is 0 Å². The average Bonchev–Trinajstić information content (AvgIpc) is 3.96. The van der Waals surface area contributed by atoms with Gasteiger partial charge in [-0.15, -0.1) is 0 Å². The normalized spacial score (nSPS) is 13.7. The summed E-state index contributed by atoms with van der Waals surface area (Å²) in [4.78, 5) is 2.37. The number of rotatable bonds is 9. The number of allylic oxidation sites excluding steroid dienone is 4. The molecule has 0 N–H and O–H groups in total. The van der Waals surface area contributed by atoms with Crippen LogP contribution in [0.1, 0.15) is 43.2 Å². The van der Waals surface area contributed by atoms with Crippen LogP contribution in [0.2, 0.25) is 0 Å². The summed E-state index contributed by atoms with van der Waals surface area (Å²) < 4.78 is 12.6. The molecular formula is C63H47NO2. The molecule has 0 aliphatic heterocycles. The minimum atomic E-state index is 0.389. The van der Waals surface area contributed by atoms with Gasteiger partial charge in [0.25, 0.3) is 0 Å². The summed E-state index contributed by atoms with van der Waals surface area (Å²) >= 11 is 0. The Labute approximate surface area is 385 Å². The van der Waals surface area contributed by atoms with Crippen LogP contribution in [-0.2, 0) is 0 Å². The van der Waals surface area contributed by atoms with Crippen molar-refractivity contribution in [2.75, 3.05) is 4.90 Å². The molecule has 3 nitrogen and oxygen atoms in total. The van der Waals surface area contributed by atoms with E-state index in [1.54, 1.807) is 0 Å². The van der Waals surface area contributed by atoms with E-state index >= 15 is 0 Å². The van der Waals surface area contributed by atoms with Gasteiger partial charge < -0.3 is 13.7 Å². The third-order valence-electron chi connectivity index (χ3n) is 13.4. The number of furan rings is 2. The molecule has 11 aromatic rings. The van der Waals surface area contributed by atoms with Crippen molar-refractivity contribution in [3.05, 3.63) is 236 Å². The zero-order valence-corrected chi connectivity index (χ0v) is 37.0. The molecule has 0 saturated heterocycles. The van der Waals surface area contributed by atoms with E-state index in [0.717, 1.165) is 95.2 Å². The Balaban J connectivity index is 0.946. The fraction of sp³-hybridized carbons (Fsp3) is 0.0794. The summed E-state index contributed by atoms with van der Waals surface area (Å²) in [5.41, 5.74) is 19.0. The second kappa shape index (κ2) is 16.4. The number of para-hydroxylation sites is 2. The van der Waals surface area contributed by atoms with E-state index < -0.39 is 0 Å². The minimum Gasteiger partial charge on any atom is -0.456 e. The number of hydrogen-bond donors (Lipinski definition) is 0.